The minimum Gasteiger partial charge on any atom is -0.381 e. The molecule has 0 aromatic carbocycles. The van der Waals surface area contributed by atoms with Crippen LogP contribution in [0.5, 0.6) is 0 Å². The molecule has 2 amide bonds. The van der Waals surface area contributed by atoms with Gasteiger partial charge in [0.15, 0.2) is 5.65 Å². The molecular formula is C22H29N5O3. The molecular weight excluding hydrogens is 382 g/mol. The summed E-state index contributed by atoms with van der Waals surface area (Å²) in [6, 6.07) is 2.38. The zero-order valence-electron chi connectivity index (χ0n) is 17.7. The lowest BCUT2D eigenvalue weighted by Crippen LogP contribution is -2.39. The first-order chi connectivity index (χ1) is 14.5. The standard InChI is InChI=1S/C22H29N5O3/c1-25-12-16-8-18(7-14(16)10-20(25)28)26(2)22(29)15-9-19-21(23-11-15)27(13-24-19)17-3-5-30-6-4-17/h9,11,13-14,16-18H,3-8,10,12H2,1-2H3/t14-,16+,18-/m0/s1. The van der Waals surface area contributed by atoms with Crippen molar-refractivity contribution in [3.8, 4) is 0 Å². The van der Waals surface area contributed by atoms with E-state index in [0.29, 0.717) is 29.9 Å². The van der Waals surface area contributed by atoms with Gasteiger partial charge in [0.2, 0.25) is 5.91 Å². The molecule has 0 N–H and O–H groups in total. The lowest BCUT2D eigenvalue weighted by atomic mass is 9.88. The Bertz CT molecular complexity index is 967. The summed E-state index contributed by atoms with van der Waals surface area (Å²) in [6.45, 7) is 2.33. The number of imidazole rings is 1. The van der Waals surface area contributed by atoms with Gasteiger partial charge in [-0.2, -0.15) is 0 Å². The van der Waals surface area contributed by atoms with E-state index in [1.54, 1.807) is 6.20 Å². The Labute approximate surface area is 176 Å². The van der Waals surface area contributed by atoms with Gasteiger partial charge in [0.1, 0.15) is 5.52 Å². The van der Waals surface area contributed by atoms with Crippen LogP contribution < -0.4 is 0 Å². The van der Waals surface area contributed by atoms with Crippen molar-refractivity contribution in [3.63, 3.8) is 0 Å². The molecule has 3 atom stereocenters. The smallest absolute Gasteiger partial charge is 0.255 e. The number of piperidine rings is 1. The Hall–Kier alpha value is -2.48. The average molecular weight is 412 g/mol. The maximum atomic E-state index is 13.2. The van der Waals surface area contributed by atoms with Gasteiger partial charge in [-0.1, -0.05) is 0 Å². The molecule has 0 bridgehead atoms. The van der Waals surface area contributed by atoms with Crippen LogP contribution in [0.3, 0.4) is 0 Å². The highest BCUT2D eigenvalue weighted by Crippen LogP contribution is 2.40. The van der Waals surface area contributed by atoms with Crippen LogP contribution >= 0.6 is 0 Å². The van der Waals surface area contributed by atoms with Crippen LogP contribution in [0.15, 0.2) is 18.6 Å². The Kier molecular flexibility index (Phi) is 4.97. The fourth-order valence-electron chi connectivity index (χ4n) is 5.44. The van der Waals surface area contributed by atoms with Gasteiger partial charge in [0.25, 0.3) is 5.91 Å². The molecule has 160 valence electrons. The number of pyridine rings is 1. The fraction of sp³-hybridized carbons (Fsp3) is 0.636. The number of hydrogen-bond donors (Lipinski definition) is 0. The first kappa shape index (κ1) is 19.5. The van der Waals surface area contributed by atoms with E-state index in [9.17, 15) is 9.59 Å². The largest absolute Gasteiger partial charge is 0.381 e. The second-order valence-corrected chi connectivity index (χ2v) is 9.10. The van der Waals surface area contributed by atoms with E-state index in [2.05, 4.69) is 14.5 Å². The maximum absolute atomic E-state index is 13.2. The van der Waals surface area contributed by atoms with Crippen LogP contribution in [0.4, 0.5) is 0 Å². The lowest BCUT2D eigenvalue weighted by molar-refractivity contribution is -0.134. The van der Waals surface area contributed by atoms with Gasteiger partial charge in [-0.25, -0.2) is 9.97 Å². The van der Waals surface area contributed by atoms with Gasteiger partial charge in [0.05, 0.1) is 11.9 Å². The molecule has 8 nitrogen and oxygen atoms in total. The fourth-order valence-corrected chi connectivity index (χ4v) is 5.44. The predicted molar refractivity (Wildman–Crippen MR) is 111 cm³/mol. The number of hydrogen-bond acceptors (Lipinski definition) is 5. The summed E-state index contributed by atoms with van der Waals surface area (Å²) < 4.78 is 7.57. The quantitative estimate of drug-likeness (QED) is 0.773. The van der Waals surface area contributed by atoms with Crippen molar-refractivity contribution in [3.05, 3.63) is 24.2 Å². The molecule has 4 heterocycles. The zero-order valence-corrected chi connectivity index (χ0v) is 17.7. The average Bonchev–Trinajstić information content (AvgIpc) is 3.37. The first-order valence-electron chi connectivity index (χ1n) is 10.9. The second-order valence-electron chi connectivity index (χ2n) is 9.10. The minimum absolute atomic E-state index is 0.0201. The Morgan fingerprint density at radius 1 is 1.20 bits per heavy atom. The van der Waals surface area contributed by atoms with Crippen molar-refractivity contribution in [2.24, 2.45) is 11.8 Å². The van der Waals surface area contributed by atoms with Crippen LogP contribution in [0.1, 0.15) is 48.5 Å². The normalized spacial score (nSPS) is 27.5. The maximum Gasteiger partial charge on any atom is 0.255 e. The molecule has 8 heteroatoms. The summed E-state index contributed by atoms with van der Waals surface area (Å²) in [4.78, 5) is 38.0. The van der Waals surface area contributed by atoms with E-state index in [1.165, 1.54) is 0 Å². The van der Waals surface area contributed by atoms with Gasteiger partial charge in [-0.3, -0.25) is 9.59 Å². The number of rotatable bonds is 3. The number of carbonyl (C=O) groups excluding carboxylic acids is 2. The van der Waals surface area contributed by atoms with Gasteiger partial charge in [-0.15, -0.1) is 0 Å². The summed E-state index contributed by atoms with van der Waals surface area (Å²) in [7, 11) is 3.75. The first-order valence-corrected chi connectivity index (χ1v) is 10.9. The Morgan fingerprint density at radius 2 is 1.97 bits per heavy atom. The lowest BCUT2D eigenvalue weighted by Gasteiger charge is -2.31. The number of aromatic nitrogens is 3. The van der Waals surface area contributed by atoms with Crippen molar-refractivity contribution >= 4 is 23.0 Å². The summed E-state index contributed by atoms with van der Waals surface area (Å²) in [5.74, 6) is 1.09. The monoisotopic (exact) mass is 411 g/mol. The third-order valence-corrected chi connectivity index (χ3v) is 7.30. The van der Waals surface area contributed by atoms with Crippen molar-refractivity contribution < 1.29 is 14.3 Å². The molecule has 5 rings (SSSR count). The Balaban J connectivity index is 1.31. The molecule has 1 aliphatic carbocycles. The molecule has 3 fully saturated rings. The van der Waals surface area contributed by atoms with E-state index < -0.39 is 0 Å². The summed E-state index contributed by atoms with van der Waals surface area (Å²) >= 11 is 0. The van der Waals surface area contributed by atoms with Crippen LogP contribution in [0, 0.1) is 11.8 Å². The molecule has 2 aromatic heterocycles. The summed E-state index contributed by atoms with van der Waals surface area (Å²) in [6.07, 6.45) is 7.89. The molecule has 30 heavy (non-hydrogen) atoms. The molecule has 2 saturated heterocycles. The highest BCUT2D eigenvalue weighted by molar-refractivity contribution is 5.96. The van der Waals surface area contributed by atoms with E-state index in [1.807, 2.05) is 36.3 Å². The highest BCUT2D eigenvalue weighted by atomic mass is 16.5. The van der Waals surface area contributed by atoms with Crippen LogP contribution in [0.2, 0.25) is 0 Å². The van der Waals surface area contributed by atoms with Gasteiger partial charge in [-0.05, 0) is 43.6 Å². The van der Waals surface area contributed by atoms with E-state index >= 15 is 0 Å². The van der Waals surface area contributed by atoms with Gasteiger partial charge < -0.3 is 19.1 Å². The number of amides is 2. The van der Waals surface area contributed by atoms with Crippen LogP contribution in [-0.4, -0.2) is 76.0 Å². The molecule has 0 spiro atoms. The molecule has 0 unspecified atom stereocenters. The third-order valence-electron chi connectivity index (χ3n) is 7.30. The SMILES string of the molecule is CN1C[C@H]2C[C@@H](N(C)C(=O)c3cnc4c(c3)ncn4C3CCOCC3)C[C@H]2CC1=O. The van der Waals surface area contributed by atoms with Gasteiger partial charge in [0, 0.05) is 58.6 Å². The van der Waals surface area contributed by atoms with Crippen molar-refractivity contribution in [1.29, 1.82) is 0 Å². The van der Waals surface area contributed by atoms with Crippen molar-refractivity contribution in [1.82, 2.24) is 24.3 Å². The molecule has 2 aromatic rings. The van der Waals surface area contributed by atoms with E-state index in [4.69, 9.17) is 4.74 Å². The molecule has 2 aliphatic heterocycles. The minimum atomic E-state index is -0.0201. The number of ether oxygens (including phenoxy) is 1. The van der Waals surface area contributed by atoms with Crippen LogP contribution in [0.25, 0.3) is 11.2 Å². The van der Waals surface area contributed by atoms with Gasteiger partial charge >= 0.3 is 0 Å². The second kappa shape index (κ2) is 7.65. The summed E-state index contributed by atoms with van der Waals surface area (Å²) in [5, 5.41) is 0. The van der Waals surface area contributed by atoms with Crippen molar-refractivity contribution in [2.45, 2.75) is 44.2 Å². The highest BCUT2D eigenvalue weighted by Gasteiger charge is 2.42. The number of carbonyl (C=O) groups is 2. The van der Waals surface area contributed by atoms with Crippen molar-refractivity contribution in [2.75, 3.05) is 33.9 Å². The summed E-state index contributed by atoms with van der Waals surface area (Å²) in [5.41, 5.74) is 2.16. The number of likely N-dealkylation sites (tertiary alicyclic amines) is 1. The molecule has 3 aliphatic rings. The van der Waals surface area contributed by atoms with E-state index in [-0.39, 0.29) is 17.9 Å². The van der Waals surface area contributed by atoms with E-state index in [0.717, 1.165) is 56.6 Å². The number of nitrogens with zero attached hydrogens (tertiary/aromatic N) is 5. The number of fused-ring (bicyclic) bond motifs is 2. The zero-order chi connectivity index (χ0) is 20.8. The predicted octanol–water partition coefficient (Wildman–Crippen LogP) is 2.11. The molecule has 0 radical (unpaired) electrons. The molecule has 1 saturated carbocycles. The third kappa shape index (κ3) is 3.37. The topological polar surface area (TPSA) is 80.6 Å². The van der Waals surface area contributed by atoms with Crippen LogP contribution in [-0.2, 0) is 9.53 Å². The Morgan fingerprint density at radius 3 is 2.77 bits per heavy atom.